The fraction of sp³-hybridized carbons (Fsp3) is 0.438. The molecular weight excluding hydrogens is 268 g/mol. The summed E-state index contributed by atoms with van der Waals surface area (Å²) in [6, 6.07) is 7.82. The van der Waals surface area contributed by atoms with Crippen molar-refractivity contribution in [2.75, 3.05) is 33.9 Å². The van der Waals surface area contributed by atoms with Gasteiger partial charge in [0, 0.05) is 32.2 Å². The van der Waals surface area contributed by atoms with Gasteiger partial charge in [-0.1, -0.05) is 6.07 Å². The molecule has 0 spiro atoms. The molecule has 0 N–H and O–H groups in total. The number of hydrogen-bond acceptors (Lipinski definition) is 5. The van der Waals surface area contributed by atoms with Gasteiger partial charge in [-0.3, -0.25) is 4.90 Å². The molecule has 1 aliphatic rings. The van der Waals surface area contributed by atoms with Crippen molar-refractivity contribution in [3.05, 3.63) is 35.7 Å². The highest BCUT2D eigenvalue weighted by atomic mass is 16.5. The molecule has 0 fully saturated rings. The van der Waals surface area contributed by atoms with Gasteiger partial charge in [-0.15, -0.1) is 0 Å². The number of aromatic nitrogens is 1. The topological polar surface area (TPSA) is 47.7 Å². The third-order valence-electron chi connectivity index (χ3n) is 3.56. The van der Waals surface area contributed by atoms with Crippen LogP contribution in [-0.4, -0.2) is 43.8 Å². The van der Waals surface area contributed by atoms with Crippen molar-refractivity contribution in [1.82, 2.24) is 9.88 Å². The van der Waals surface area contributed by atoms with Gasteiger partial charge in [0.15, 0.2) is 0 Å². The number of rotatable bonds is 5. The maximum absolute atomic E-state index is 5.90. The summed E-state index contributed by atoms with van der Waals surface area (Å²) in [5, 5.41) is 0. The summed E-state index contributed by atoms with van der Waals surface area (Å²) < 4.78 is 16.5. The minimum atomic E-state index is 0.535. The zero-order chi connectivity index (χ0) is 14.7. The molecule has 1 aromatic carbocycles. The van der Waals surface area contributed by atoms with Crippen LogP contribution in [0.1, 0.15) is 11.5 Å². The summed E-state index contributed by atoms with van der Waals surface area (Å²) in [6.45, 7) is 2.97. The molecule has 2 heterocycles. The maximum Gasteiger partial charge on any atom is 0.226 e. The van der Waals surface area contributed by atoms with Crippen LogP contribution in [0.25, 0.3) is 11.5 Å². The average molecular weight is 288 g/mol. The summed E-state index contributed by atoms with van der Waals surface area (Å²) in [5.41, 5.74) is 1.99. The van der Waals surface area contributed by atoms with Crippen LogP contribution in [-0.2, 0) is 17.7 Å². The molecule has 0 unspecified atom stereocenters. The van der Waals surface area contributed by atoms with Crippen molar-refractivity contribution in [2.45, 2.75) is 13.0 Å². The highest BCUT2D eigenvalue weighted by Gasteiger charge is 2.20. The lowest BCUT2D eigenvalue weighted by molar-refractivity contribution is 0.146. The minimum Gasteiger partial charge on any atom is -0.491 e. The van der Waals surface area contributed by atoms with Crippen LogP contribution in [0, 0.1) is 0 Å². The molecule has 0 atom stereocenters. The van der Waals surface area contributed by atoms with Crippen LogP contribution in [0.4, 0.5) is 0 Å². The van der Waals surface area contributed by atoms with Gasteiger partial charge in [0.25, 0.3) is 0 Å². The van der Waals surface area contributed by atoms with Crippen molar-refractivity contribution in [2.24, 2.45) is 0 Å². The Balaban J connectivity index is 1.79. The second kappa shape index (κ2) is 6.28. The second-order valence-electron chi connectivity index (χ2n) is 5.25. The van der Waals surface area contributed by atoms with E-state index in [-0.39, 0.29) is 0 Å². The lowest BCUT2D eigenvalue weighted by Gasteiger charge is -2.19. The molecular formula is C16H20N2O3. The second-order valence-corrected chi connectivity index (χ2v) is 5.25. The fourth-order valence-corrected chi connectivity index (χ4v) is 2.41. The largest absolute Gasteiger partial charge is 0.491 e. The Labute approximate surface area is 124 Å². The summed E-state index contributed by atoms with van der Waals surface area (Å²) in [7, 11) is 3.76. The number of fused-ring (bicyclic) bond motifs is 1. The number of benzene rings is 1. The molecule has 5 heteroatoms. The molecule has 21 heavy (non-hydrogen) atoms. The highest BCUT2D eigenvalue weighted by molar-refractivity contribution is 5.56. The molecule has 3 rings (SSSR count). The quantitative estimate of drug-likeness (QED) is 0.790. The minimum absolute atomic E-state index is 0.535. The molecule has 5 nitrogen and oxygen atoms in total. The number of methoxy groups -OCH3 is 1. The number of ether oxygens (including phenoxy) is 2. The fourth-order valence-electron chi connectivity index (χ4n) is 2.41. The third kappa shape index (κ3) is 3.25. The van der Waals surface area contributed by atoms with Crippen LogP contribution in [0.5, 0.6) is 5.75 Å². The highest BCUT2D eigenvalue weighted by Crippen LogP contribution is 2.27. The van der Waals surface area contributed by atoms with Gasteiger partial charge in [-0.05, 0) is 25.2 Å². The van der Waals surface area contributed by atoms with Gasteiger partial charge >= 0.3 is 0 Å². The van der Waals surface area contributed by atoms with Crippen molar-refractivity contribution in [3.8, 4) is 17.2 Å². The van der Waals surface area contributed by atoms with Crippen LogP contribution in [0.3, 0.4) is 0 Å². The van der Waals surface area contributed by atoms with E-state index in [1.54, 1.807) is 7.11 Å². The van der Waals surface area contributed by atoms with Gasteiger partial charge in [-0.25, -0.2) is 4.98 Å². The first-order chi connectivity index (χ1) is 10.3. The predicted octanol–water partition coefficient (Wildman–Crippen LogP) is 2.35. The first kappa shape index (κ1) is 14.1. The number of oxazole rings is 1. The van der Waals surface area contributed by atoms with Gasteiger partial charge in [0.05, 0.1) is 12.3 Å². The van der Waals surface area contributed by atoms with Crippen molar-refractivity contribution in [3.63, 3.8) is 0 Å². The standard InChI is InChI=1S/C16H20N2O3/c1-18-7-6-15-14(11-18)17-16(21-15)12-4-3-5-13(10-12)20-9-8-19-2/h3-5,10H,6-9,11H2,1-2H3. The average Bonchev–Trinajstić information content (AvgIpc) is 2.91. The summed E-state index contributed by atoms with van der Waals surface area (Å²) in [5.74, 6) is 2.49. The Morgan fingerprint density at radius 2 is 2.24 bits per heavy atom. The molecule has 0 bridgehead atoms. The first-order valence-electron chi connectivity index (χ1n) is 7.15. The molecule has 1 aromatic heterocycles. The van der Waals surface area contributed by atoms with Crippen molar-refractivity contribution < 1.29 is 13.9 Å². The van der Waals surface area contributed by atoms with Crippen molar-refractivity contribution in [1.29, 1.82) is 0 Å². The molecule has 1 aliphatic heterocycles. The Kier molecular flexibility index (Phi) is 4.22. The van der Waals surface area contributed by atoms with Gasteiger partial charge in [0.2, 0.25) is 5.89 Å². The molecule has 0 aliphatic carbocycles. The normalized spacial score (nSPS) is 15.0. The van der Waals surface area contributed by atoms with Gasteiger partial charge in [0.1, 0.15) is 18.1 Å². The Morgan fingerprint density at radius 3 is 3.10 bits per heavy atom. The van der Waals surface area contributed by atoms with E-state index < -0.39 is 0 Å². The number of hydrogen-bond donors (Lipinski definition) is 0. The summed E-state index contributed by atoms with van der Waals surface area (Å²) in [6.07, 6.45) is 0.920. The van der Waals surface area contributed by atoms with Crippen LogP contribution in [0.2, 0.25) is 0 Å². The Bertz CT molecular complexity index is 609. The molecule has 0 saturated carbocycles. The SMILES string of the molecule is COCCOc1cccc(-c2nc3c(o2)CCN(C)C3)c1. The monoisotopic (exact) mass is 288 g/mol. The Morgan fingerprint density at radius 1 is 1.33 bits per heavy atom. The molecule has 0 amide bonds. The van der Waals surface area contributed by atoms with Crippen LogP contribution < -0.4 is 4.74 Å². The van der Waals surface area contributed by atoms with Crippen LogP contribution >= 0.6 is 0 Å². The predicted molar refractivity (Wildman–Crippen MR) is 79.3 cm³/mol. The van der Waals surface area contributed by atoms with Crippen LogP contribution in [0.15, 0.2) is 28.7 Å². The Hall–Kier alpha value is -1.85. The van der Waals surface area contributed by atoms with E-state index in [1.165, 1.54) is 0 Å². The van der Waals surface area contributed by atoms with E-state index in [9.17, 15) is 0 Å². The lowest BCUT2D eigenvalue weighted by Crippen LogP contribution is -2.25. The van der Waals surface area contributed by atoms with E-state index in [0.29, 0.717) is 19.1 Å². The summed E-state index contributed by atoms with van der Waals surface area (Å²) >= 11 is 0. The van der Waals surface area contributed by atoms with E-state index >= 15 is 0 Å². The molecule has 0 saturated heterocycles. The molecule has 112 valence electrons. The van der Waals surface area contributed by atoms with E-state index in [0.717, 1.165) is 42.3 Å². The third-order valence-corrected chi connectivity index (χ3v) is 3.56. The maximum atomic E-state index is 5.90. The van der Waals surface area contributed by atoms with E-state index in [2.05, 4.69) is 16.9 Å². The van der Waals surface area contributed by atoms with Gasteiger partial charge in [-0.2, -0.15) is 0 Å². The summed E-state index contributed by atoms with van der Waals surface area (Å²) in [4.78, 5) is 6.87. The zero-order valence-electron chi connectivity index (χ0n) is 12.5. The van der Waals surface area contributed by atoms with E-state index in [1.807, 2.05) is 24.3 Å². The number of nitrogens with zero attached hydrogens (tertiary/aromatic N) is 2. The number of likely N-dealkylation sites (N-methyl/N-ethyl adjacent to an activating group) is 1. The van der Waals surface area contributed by atoms with Gasteiger partial charge < -0.3 is 13.9 Å². The van der Waals surface area contributed by atoms with E-state index in [4.69, 9.17) is 13.9 Å². The van der Waals surface area contributed by atoms with Crippen molar-refractivity contribution >= 4 is 0 Å². The first-order valence-corrected chi connectivity index (χ1v) is 7.15. The molecule has 2 aromatic rings. The molecule has 0 radical (unpaired) electrons. The lowest BCUT2D eigenvalue weighted by atomic mass is 10.2. The smallest absolute Gasteiger partial charge is 0.226 e. The zero-order valence-corrected chi connectivity index (χ0v) is 12.5.